The number of hydrogen-bond acceptors (Lipinski definition) is 3. The number of rotatable bonds is 4. The molecule has 3 rings (SSSR count). The number of benzene rings is 2. The molecule has 0 spiro atoms. The van der Waals surface area contributed by atoms with Crippen molar-refractivity contribution in [2.75, 3.05) is 11.4 Å². The highest BCUT2D eigenvalue weighted by atomic mass is 32.2. The van der Waals surface area contributed by atoms with E-state index in [-0.39, 0.29) is 17.3 Å². The highest BCUT2D eigenvalue weighted by Gasteiger charge is 2.30. The largest absolute Gasteiger partial charge is 0.416 e. The van der Waals surface area contributed by atoms with Gasteiger partial charge in [-0.1, -0.05) is 12.1 Å². The van der Waals surface area contributed by atoms with Gasteiger partial charge < -0.3 is 4.90 Å². The van der Waals surface area contributed by atoms with Gasteiger partial charge in [0.25, 0.3) is 0 Å². The number of sulfonamides is 1. The van der Waals surface area contributed by atoms with Crippen molar-refractivity contribution in [2.24, 2.45) is 0 Å². The van der Waals surface area contributed by atoms with Crippen LogP contribution in [0, 0.1) is 0 Å². The van der Waals surface area contributed by atoms with Gasteiger partial charge in [0.2, 0.25) is 15.9 Å². The van der Waals surface area contributed by atoms with Crippen LogP contribution in [0.15, 0.2) is 47.4 Å². The smallest absolute Gasteiger partial charge is 0.312 e. The summed E-state index contributed by atoms with van der Waals surface area (Å²) in [7, 11) is -3.84. The maximum atomic E-state index is 12.6. The molecular formula is C19H19F3N2O3S. The van der Waals surface area contributed by atoms with E-state index < -0.39 is 21.8 Å². The van der Waals surface area contributed by atoms with Crippen LogP contribution < -0.4 is 9.62 Å². The first-order chi connectivity index (χ1) is 13.1. The first kappa shape index (κ1) is 20.3. The molecule has 0 radical (unpaired) electrons. The third-order valence-corrected chi connectivity index (χ3v) is 6.01. The molecule has 0 saturated carbocycles. The van der Waals surface area contributed by atoms with Gasteiger partial charge in [-0.3, -0.25) is 4.79 Å². The summed E-state index contributed by atoms with van der Waals surface area (Å²) in [5.41, 5.74) is 1.11. The Morgan fingerprint density at radius 3 is 2.43 bits per heavy atom. The van der Waals surface area contributed by atoms with Gasteiger partial charge in [-0.25, -0.2) is 13.1 Å². The zero-order chi connectivity index (χ0) is 20.5. The number of carbonyl (C=O) groups excluding carboxylic acids is 1. The molecule has 150 valence electrons. The molecule has 1 amide bonds. The predicted molar refractivity (Wildman–Crippen MR) is 98.3 cm³/mol. The molecule has 1 aliphatic rings. The first-order valence-corrected chi connectivity index (χ1v) is 10.1. The zero-order valence-corrected chi connectivity index (χ0v) is 15.9. The van der Waals surface area contributed by atoms with Crippen molar-refractivity contribution in [1.29, 1.82) is 0 Å². The Labute approximate surface area is 161 Å². The second-order valence-corrected chi connectivity index (χ2v) is 8.35. The van der Waals surface area contributed by atoms with E-state index in [0.29, 0.717) is 24.2 Å². The van der Waals surface area contributed by atoms with E-state index >= 15 is 0 Å². The zero-order valence-electron chi connectivity index (χ0n) is 15.1. The normalized spacial score (nSPS) is 14.6. The van der Waals surface area contributed by atoms with Crippen LogP contribution >= 0.6 is 0 Å². The van der Waals surface area contributed by atoms with Crippen LogP contribution in [0.3, 0.4) is 0 Å². The van der Waals surface area contributed by atoms with Gasteiger partial charge in [-0.2, -0.15) is 13.2 Å². The molecule has 0 saturated heterocycles. The van der Waals surface area contributed by atoms with Crippen molar-refractivity contribution < 1.29 is 26.4 Å². The fraction of sp³-hybridized carbons (Fsp3) is 0.316. The van der Waals surface area contributed by atoms with Gasteiger partial charge >= 0.3 is 6.18 Å². The van der Waals surface area contributed by atoms with E-state index in [2.05, 4.69) is 4.72 Å². The Bertz CT molecular complexity index is 986. The number of anilines is 1. The van der Waals surface area contributed by atoms with Crippen LogP contribution in [0.4, 0.5) is 18.9 Å². The lowest BCUT2D eigenvalue weighted by Crippen LogP contribution is -2.33. The van der Waals surface area contributed by atoms with E-state index in [9.17, 15) is 26.4 Å². The van der Waals surface area contributed by atoms with Crippen LogP contribution in [0.1, 0.15) is 30.0 Å². The SMILES string of the molecule is CC(=O)N1CCCc2cc(S(=O)(=O)NCc3ccc(C(F)(F)F)cc3)ccc21. The maximum absolute atomic E-state index is 12.6. The number of aryl methyl sites for hydroxylation is 1. The van der Waals surface area contributed by atoms with Crippen molar-refractivity contribution in [3.63, 3.8) is 0 Å². The summed E-state index contributed by atoms with van der Waals surface area (Å²) < 4.78 is 65.3. The first-order valence-electron chi connectivity index (χ1n) is 8.65. The lowest BCUT2D eigenvalue weighted by atomic mass is 10.0. The molecule has 2 aromatic carbocycles. The lowest BCUT2D eigenvalue weighted by Gasteiger charge is -2.28. The Balaban J connectivity index is 1.75. The molecule has 0 atom stereocenters. The number of carbonyl (C=O) groups is 1. The topological polar surface area (TPSA) is 66.5 Å². The minimum Gasteiger partial charge on any atom is -0.312 e. The van der Waals surface area contributed by atoms with Crippen molar-refractivity contribution in [1.82, 2.24) is 4.72 Å². The van der Waals surface area contributed by atoms with Crippen molar-refractivity contribution in [3.05, 3.63) is 59.2 Å². The third-order valence-electron chi connectivity index (χ3n) is 4.61. The number of fused-ring (bicyclic) bond motifs is 1. The highest BCUT2D eigenvalue weighted by Crippen LogP contribution is 2.30. The highest BCUT2D eigenvalue weighted by molar-refractivity contribution is 7.89. The van der Waals surface area contributed by atoms with Gasteiger partial charge in [0, 0.05) is 25.7 Å². The van der Waals surface area contributed by atoms with Crippen molar-refractivity contribution >= 4 is 21.6 Å². The van der Waals surface area contributed by atoms with E-state index in [1.807, 2.05) is 0 Å². The minimum absolute atomic E-state index is 0.0589. The minimum atomic E-state index is -4.44. The monoisotopic (exact) mass is 412 g/mol. The van der Waals surface area contributed by atoms with E-state index in [1.54, 1.807) is 17.0 Å². The molecular weight excluding hydrogens is 393 g/mol. The van der Waals surface area contributed by atoms with E-state index in [1.165, 1.54) is 25.1 Å². The fourth-order valence-corrected chi connectivity index (χ4v) is 4.21. The average molecular weight is 412 g/mol. The third kappa shape index (κ3) is 4.36. The molecule has 2 aromatic rings. The molecule has 1 aliphatic heterocycles. The summed E-state index contributed by atoms with van der Waals surface area (Å²) in [6.45, 7) is 1.93. The Hall–Kier alpha value is -2.39. The quantitative estimate of drug-likeness (QED) is 0.836. The van der Waals surface area contributed by atoms with Gasteiger partial charge in [0.1, 0.15) is 0 Å². The molecule has 0 fully saturated rings. The van der Waals surface area contributed by atoms with Crippen LogP contribution in [-0.2, 0) is 34.0 Å². The summed E-state index contributed by atoms with van der Waals surface area (Å²) in [5, 5.41) is 0. The molecule has 0 aliphatic carbocycles. The van der Waals surface area contributed by atoms with Crippen LogP contribution in [0.5, 0.6) is 0 Å². The fourth-order valence-electron chi connectivity index (χ4n) is 3.14. The summed E-state index contributed by atoms with van der Waals surface area (Å²) >= 11 is 0. The van der Waals surface area contributed by atoms with E-state index in [0.717, 1.165) is 24.1 Å². The Morgan fingerprint density at radius 2 is 1.82 bits per heavy atom. The van der Waals surface area contributed by atoms with Crippen LogP contribution in [0.25, 0.3) is 0 Å². The number of nitrogens with one attached hydrogen (secondary N) is 1. The predicted octanol–water partition coefficient (Wildman–Crippen LogP) is 3.48. The molecule has 1 N–H and O–H groups in total. The summed E-state index contributed by atoms with van der Waals surface area (Å²) in [5.74, 6) is -0.100. The Morgan fingerprint density at radius 1 is 1.14 bits per heavy atom. The van der Waals surface area contributed by atoms with Crippen LogP contribution in [0.2, 0.25) is 0 Å². The van der Waals surface area contributed by atoms with E-state index in [4.69, 9.17) is 0 Å². The maximum Gasteiger partial charge on any atom is 0.416 e. The number of amides is 1. The second kappa shape index (κ2) is 7.56. The summed E-state index contributed by atoms with van der Waals surface area (Å²) in [6, 6.07) is 8.89. The average Bonchev–Trinajstić information content (AvgIpc) is 2.65. The molecule has 9 heteroatoms. The molecule has 1 heterocycles. The molecule has 0 bridgehead atoms. The standard InChI is InChI=1S/C19H19F3N2O3S/c1-13(25)24-10-2-3-15-11-17(8-9-18(15)24)28(26,27)23-12-14-4-6-16(7-5-14)19(20,21)22/h4-9,11,23H,2-3,10,12H2,1H3. The molecule has 5 nitrogen and oxygen atoms in total. The number of nitrogens with zero attached hydrogens (tertiary/aromatic N) is 1. The van der Waals surface area contributed by atoms with Gasteiger partial charge in [0.15, 0.2) is 0 Å². The van der Waals surface area contributed by atoms with Crippen LogP contribution in [-0.4, -0.2) is 20.9 Å². The van der Waals surface area contributed by atoms with Crippen molar-refractivity contribution in [3.8, 4) is 0 Å². The van der Waals surface area contributed by atoms with Gasteiger partial charge in [0.05, 0.1) is 10.5 Å². The Kier molecular flexibility index (Phi) is 5.49. The summed E-state index contributed by atoms with van der Waals surface area (Å²) in [6.07, 6.45) is -3.02. The molecule has 0 unspecified atom stereocenters. The molecule has 28 heavy (non-hydrogen) atoms. The number of hydrogen-bond donors (Lipinski definition) is 1. The molecule has 0 aromatic heterocycles. The lowest BCUT2D eigenvalue weighted by molar-refractivity contribution is -0.137. The number of alkyl halides is 3. The second-order valence-electron chi connectivity index (χ2n) is 6.58. The number of halogens is 3. The van der Waals surface area contributed by atoms with Gasteiger partial charge in [-0.05, 0) is 54.3 Å². The van der Waals surface area contributed by atoms with Gasteiger partial charge in [-0.15, -0.1) is 0 Å². The summed E-state index contributed by atoms with van der Waals surface area (Å²) in [4.78, 5) is 13.4. The van der Waals surface area contributed by atoms with Crippen molar-refractivity contribution in [2.45, 2.75) is 37.4 Å².